The van der Waals surface area contributed by atoms with Crippen LogP contribution in [0.3, 0.4) is 0 Å². The smallest absolute Gasteiger partial charge is 0.240 e. The van der Waals surface area contributed by atoms with E-state index >= 15 is 0 Å². The number of benzene rings is 1. The Hall–Kier alpha value is -1.92. The Bertz CT molecular complexity index is 580. The number of amides is 1. The first-order chi connectivity index (χ1) is 10.0. The van der Waals surface area contributed by atoms with Crippen LogP contribution >= 0.6 is 12.4 Å². The van der Waals surface area contributed by atoms with Crippen LogP contribution in [0, 0.1) is 0 Å². The van der Waals surface area contributed by atoms with Gasteiger partial charge in [0.15, 0.2) is 0 Å². The quantitative estimate of drug-likeness (QED) is 0.849. The van der Waals surface area contributed by atoms with E-state index in [1.165, 1.54) is 6.33 Å². The van der Waals surface area contributed by atoms with E-state index in [0.717, 1.165) is 17.7 Å². The third kappa shape index (κ3) is 4.54. The first-order valence-electron chi connectivity index (χ1n) is 7.04. The Balaban J connectivity index is 0.00000242. The number of carbonyl (C=O) groups excluding carboxylic acids is 1. The van der Waals surface area contributed by atoms with Crippen molar-refractivity contribution in [3.05, 3.63) is 42.5 Å². The van der Waals surface area contributed by atoms with Crippen molar-refractivity contribution < 1.29 is 4.79 Å². The molecule has 7 heteroatoms. The van der Waals surface area contributed by atoms with Crippen LogP contribution in [0.4, 0.5) is 0 Å². The molecule has 0 radical (unpaired) electrons. The molecule has 1 atom stereocenters. The van der Waals surface area contributed by atoms with Crippen molar-refractivity contribution in [2.24, 2.45) is 5.73 Å². The summed E-state index contributed by atoms with van der Waals surface area (Å²) >= 11 is 0. The average Bonchev–Trinajstić information content (AvgIpc) is 2.99. The van der Waals surface area contributed by atoms with Crippen molar-refractivity contribution in [1.82, 2.24) is 20.1 Å². The Morgan fingerprint density at radius 1 is 1.36 bits per heavy atom. The largest absolute Gasteiger partial charge is 0.350 e. The van der Waals surface area contributed by atoms with Crippen molar-refractivity contribution in [3.8, 4) is 5.69 Å². The molecule has 2 aromatic rings. The number of nitrogens with one attached hydrogen (secondary N) is 1. The molecule has 0 spiro atoms. The van der Waals surface area contributed by atoms with Gasteiger partial charge in [-0.25, -0.2) is 9.67 Å². The van der Waals surface area contributed by atoms with Gasteiger partial charge in [0, 0.05) is 6.54 Å². The van der Waals surface area contributed by atoms with E-state index in [1.54, 1.807) is 17.9 Å². The summed E-state index contributed by atoms with van der Waals surface area (Å²) in [5, 5.41) is 6.94. The zero-order valence-electron chi connectivity index (χ0n) is 12.8. The molecule has 1 heterocycles. The van der Waals surface area contributed by atoms with Crippen molar-refractivity contribution >= 4 is 18.3 Å². The Kier molecular flexibility index (Phi) is 6.52. The summed E-state index contributed by atoms with van der Waals surface area (Å²) in [6.45, 7) is 4.24. The molecule has 2 rings (SSSR count). The monoisotopic (exact) mass is 323 g/mol. The van der Waals surface area contributed by atoms with Crippen LogP contribution < -0.4 is 11.1 Å². The van der Waals surface area contributed by atoms with Gasteiger partial charge in [0.1, 0.15) is 12.7 Å². The predicted molar refractivity (Wildman–Crippen MR) is 88.0 cm³/mol. The number of aromatic nitrogens is 3. The molecule has 0 bridgehead atoms. The molecule has 1 unspecified atom stereocenters. The second-order valence-electron chi connectivity index (χ2n) is 5.36. The highest BCUT2D eigenvalue weighted by atomic mass is 35.5. The van der Waals surface area contributed by atoms with Gasteiger partial charge in [0.05, 0.1) is 11.2 Å². The lowest BCUT2D eigenvalue weighted by Gasteiger charge is -2.22. The predicted octanol–water partition coefficient (Wildman–Crippen LogP) is 1.82. The summed E-state index contributed by atoms with van der Waals surface area (Å²) in [6, 6.07) is 7.77. The molecule has 0 aliphatic heterocycles. The number of hydrogen-bond donors (Lipinski definition) is 2. The van der Waals surface area contributed by atoms with Crippen molar-refractivity contribution in [2.75, 3.05) is 0 Å². The van der Waals surface area contributed by atoms with E-state index in [1.807, 2.05) is 31.2 Å². The van der Waals surface area contributed by atoms with Crippen LogP contribution in [0.1, 0.15) is 32.3 Å². The summed E-state index contributed by atoms with van der Waals surface area (Å²) in [6.07, 6.45) is 4.68. The van der Waals surface area contributed by atoms with Gasteiger partial charge in [0.2, 0.25) is 5.91 Å². The second-order valence-corrected chi connectivity index (χ2v) is 5.36. The number of carbonyl (C=O) groups is 1. The highest BCUT2D eigenvalue weighted by Crippen LogP contribution is 2.10. The van der Waals surface area contributed by atoms with Gasteiger partial charge in [-0.15, -0.1) is 12.4 Å². The number of rotatable bonds is 6. The van der Waals surface area contributed by atoms with Gasteiger partial charge in [-0.1, -0.05) is 25.5 Å². The molecule has 1 amide bonds. The fourth-order valence-corrected chi connectivity index (χ4v) is 2.13. The van der Waals surface area contributed by atoms with E-state index in [0.29, 0.717) is 13.0 Å². The van der Waals surface area contributed by atoms with E-state index in [9.17, 15) is 4.79 Å². The fraction of sp³-hybridized carbons (Fsp3) is 0.400. The second kappa shape index (κ2) is 7.91. The first kappa shape index (κ1) is 18.1. The van der Waals surface area contributed by atoms with Gasteiger partial charge >= 0.3 is 0 Å². The molecule has 0 aliphatic rings. The summed E-state index contributed by atoms with van der Waals surface area (Å²) in [5.74, 6) is -0.121. The van der Waals surface area contributed by atoms with Crippen LogP contribution in [-0.4, -0.2) is 26.2 Å². The third-order valence-electron chi connectivity index (χ3n) is 3.36. The van der Waals surface area contributed by atoms with Crippen LogP contribution in [0.2, 0.25) is 0 Å². The molecule has 1 aromatic heterocycles. The van der Waals surface area contributed by atoms with E-state index in [4.69, 9.17) is 5.73 Å². The molecule has 1 aromatic carbocycles. The lowest BCUT2D eigenvalue weighted by Crippen LogP contribution is -2.51. The highest BCUT2D eigenvalue weighted by molar-refractivity contribution is 5.85. The maximum atomic E-state index is 12.0. The molecule has 0 aliphatic carbocycles. The molecule has 6 nitrogen and oxygen atoms in total. The van der Waals surface area contributed by atoms with Crippen molar-refractivity contribution in [2.45, 2.75) is 38.8 Å². The maximum Gasteiger partial charge on any atom is 0.240 e. The van der Waals surface area contributed by atoms with Crippen molar-refractivity contribution in [3.63, 3.8) is 0 Å². The molecule has 120 valence electrons. The molecule has 22 heavy (non-hydrogen) atoms. The van der Waals surface area contributed by atoms with Crippen molar-refractivity contribution in [1.29, 1.82) is 0 Å². The molecule has 0 fully saturated rings. The van der Waals surface area contributed by atoms with E-state index < -0.39 is 5.54 Å². The molecule has 0 saturated carbocycles. The number of nitrogens with two attached hydrogens (primary N) is 1. The van der Waals surface area contributed by atoms with Crippen LogP contribution in [0.25, 0.3) is 5.69 Å². The zero-order valence-corrected chi connectivity index (χ0v) is 13.6. The topological polar surface area (TPSA) is 85.8 Å². The fourth-order valence-electron chi connectivity index (χ4n) is 2.13. The van der Waals surface area contributed by atoms with E-state index in [-0.39, 0.29) is 18.3 Å². The minimum absolute atomic E-state index is 0. The minimum Gasteiger partial charge on any atom is -0.350 e. The maximum absolute atomic E-state index is 12.0. The lowest BCUT2D eigenvalue weighted by atomic mass is 9.96. The lowest BCUT2D eigenvalue weighted by molar-refractivity contribution is -0.126. The molecule has 0 saturated heterocycles. The standard InChI is InChI=1S/C15H21N5O.ClH/c1-3-8-15(2,16)14(21)18-9-12-4-6-13(7-5-12)20-11-17-10-19-20;/h4-7,10-11H,3,8-9,16H2,1-2H3,(H,18,21);1H. The third-order valence-corrected chi connectivity index (χ3v) is 3.36. The first-order valence-corrected chi connectivity index (χ1v) is 7.04. The van der Waals surface area contributed by atoms with Gasteiger partial charge in [-0.3, -0.25) is 4.79 Å². The molecular weight excluding hydrogens is 302 g/mol. The Morgan fingerprint density at radius 2 is 2.05 bits per heavy atom. The number of nitrogens with zero attached hydrogens (tertiary/aromatic N) is 3. The SMILES string of the molecule is CCCC(C)(N)C(=O)NCc1ccc(-n2cncn2)cc1.Cl. The molecular formula is C15H22ClN5O. The summed E-state index contributed by atoms with van der Waals surface area (Å²) in [4.78, 5) is 15.9. The average molecular weight is 324 g/mol. The van der Waals surface area contributed by atoms with Gasteiger partial charge in [-0.2, -0.15) is 5.10 Å². The summed E-state index contributed by atoms with van der Waals surface area (Å²) in [7, 11) is 0. The van der Waals surface area contributed by atoms with E-state index in [2.05, 4.69) is 15.4 Å². The normalized spacial score (nSPS) is 13.0. The number of hydrogen-bond acceptors (Lipinski definition) is 4. The zero-order chi connectivity index (χ0) is 15.3. The minimum atomic E-state index is -0.810. The van der Waals surface area contributed by atoms with Crippen LogP contribution in [0.15, 0.2) is 36.9 Å². The van der Waals surface area contributed by atoms with Crippen LogP contribution in [0.5, 0.6) is 0 Å². The van der Waals surface area contributed by atoms with Crippen LogP contribution in [-0.2, 0) is 11.3 Å². The van der Waals surface area contributed by atoms with Gasteiger partial charge in [0.25, 0.3) is 0 Å². The summed E-state index contributed by atoms with van der Waals surface area (Å²) < 4.78 is 1.68. The Labute approximate surface area is 136 Å². The molecule has 3 N–H and O–H groups in total. The van der Waals surface area contributed by atoms with Gasteiger partial charge in [-0.05, 0) is 31.0 Å². The highest BCUT2D eigenvalue weighted by Gasteiger charge is 2.26. The summed E-state index contributed by atoms with van der Waals surface area (Å²) in [5.41, 5.74) is 7.12. The number of halogens is 1. The Morgan fingerprint density at radius 3 is 2.59 bits per heavy atom. The van der Waals surface area contributed by atoms with Gasteiger partial charge < -0.3 is 11.1 Å².